The van der Waals surface area contributed by atoms with E-state index in [1.165, 1.54) is 37.1 Å². The lowest BCUT2D eigenvalue weighted by Gasteiger charge is -2.64. The van der Waals surface area contributed by atoms with Gasteiger partial charge in [-0.1, -0.05) is 18.2 Å². The van der Waals surface area contributed by atoms with Gasteiger partial charge >= 0.3 is 6.18 Å². The molecule has 2 aromatic carbocycles. The Bertz CT molecular complexity index is 1420. The van der Waals surface area contributed by atoms with Crippen LogP contribution >= 0.6 is 0 Å². The number of rotatable bonds is 6. The van der Waals surface area contributed by atoms with Crippen LogP contribution < -0.4 is 4.74 Å². The number of benzene rings is 2. The predicted molar refractivity (Wildman–Crippen MR) is 146 cm³/mol. The second kappa shape index (κ2) is 9.23. The van der Waals surface area contributed by atoms with Gasteiger partial charge in [-0.05, 0) is 93.3 Å². The van der Waals surface area contributed by atoms with Gasteiger partial charge in [0.25, 0.3) is 0 Å². The predicted octanol–water partition coefficient (Wildman–Crippen LogP) is 4.91. The molecule has 1 spiro atoms. The van der Waals surface area contributed by atoms with Crippen molar-refractivity contribution in [3.05, 3.63) is 64.7 Å². The number of hydrogen-bond acceptors (Lipinski definition) is 5. The number of aliphatic hydroxyl groups is 1. The fourth-order valence-electron chi connectivity index (χ4n) is 8.41. The molecule has 41 heavy (non-hydrogen) atoms. The van der Waals surface area contributed by atoms with Crippen LogP contribution in [0.3, 0.4) is 0 Å². The van der Waals surface area contributed by atoms with Crippen molar-refractivity contribution < 1.29 is 32.9 Å². The number of likely N-dealkylation sites (tertiary alicyclic amines) is 1. The highest BCUT2D eigenvalue weighted by atomic mass is 19.4. The molecule has 0 radical (unpaired) electrons. The summed E-state index contributed by atoms with van der Waals surface area (Å²) in [4.78, 5) is 17.8. The van der Waals surface area contributed by atoms with Gasteiger partial charge < -0.3 is 19.8 Å². The van der Waals surface area contributed by atoms with Crippen molar-refractivity contribution in [3.63, 3.8) is 0 Å². The Morgan fingerprint density at radius 2 is 2.00 bits per heavy atom. The molecule has 6 nitrogen and oxygen atoms in total. The van der Waals surface area contributed by atoms with Crippen molar-refractivity contribution in [2.75, 3.05) is 19.6 Å². The zero-order chi connectivity index (χ0) is 28.7. The van der Waals surface area contributed by atoms with Gasteiger partial charge in [0.15, 0.2) is 11.5 Å². The minimum absolute atomic E-state index is 0.0475. The normalized spacial score (nSPS) is 32.1. The molecule has 1 saturated heterocycles. The number of aromatic hydroxyl groups is 1. The SMILES string of the molecule is CCN(C(=O)/C=C/c1cccc(C(F)(F)F)c1)C1CC[C@@]2(O)[C@H]3Cc4ccc(O)c5c4[C@@]2(CCN3CC2CC2)C1O5. The summed E-state index contributed by atoms with van der Waals surface area (Å²) >= 11 is 0. The molecule has 2 saturated carbocycles. The van der Waals surface area contributed by atoms with Crippen LogP contribution in [0.15, 0.2) is 42.5 Å². The Balaban J connectivity index is 1.23. The third kappa shape index (κ3) is 3.95. The maximum Gasteiger partial charge on any atom is 0.416 e. The Morgan fingerprint density at radius 1 is 1.20 bits per heavy atom. The number of hydrogen-bond donors (Lipinski definition) is 2. The van der Waals surface area contributed by atoms with Gasteiger partial charge in [-0.15, -0.1) is 0 Å². The molecule has 2 N–H and O–H groups in total. The molecule has 5 atom stereocenters. The Morgan fingerprint density at radius 3 is 2.73 bits per heavy atom. The van der Waals surface area contributed by atoms with E-state index in [1.54, 1.807) is 11.0 Å². The minimum Gasteiger partial charge on any atom is -0.504 e. The first-order valence-electron chi connectivity index (χ1n) is 14.7. The van der Waals surface area contributed by atoms with E-state index in [0.717, 1.165) is 36.3 Å². The number of carbonyl (C=O) groups is 1. The first kappa shape index (κ1) is 26.8. The molecule has 3 aliphatic carbocycles. The smallest absolute Gasteiger partial charge is 0.416 e. The summed E-state index contributed by atoms with van der Waals surface area (Å²) < 4.78 is 46.2. The number of likely N-dealkylation sites (N-methyl/N-ethyl adjacent to an activating group) is 1. The minimum atomic E-state index is -4.47. The number of phenolic OH excluding ortho intramolecular Hbond substituents is 1. The van der Waals surface area contributed by atoms with Crippen LogP contribution in [0.4, 0.5) is 13.2 Å². The van der Waals surface area contributed by atoms with Crippen molar-refractivity contribution in [2.24, 2.45) is 5.92 Å². The average Bonchev–Trinajstić information content (AvgIpc) is 3.68. The van der Waals surface area contributed by atoms with Crippen molar-refractivity contribution >= 4 is 12.0 Å². The summed E-state index contributed by atoms with van der Waals surface area (Å²) in [5.74, 6) is 0.841. The van der Waals surface area contributed by atoms with Crippen molar-refractivity contribution in [2.45, 2.75) is 80.8 Å². The van der Waals surface area contributed by atoms with Crippen molar-refractivity contribution in [1.82, 2.24) is 9.80 Å². The Kier molecular flexibility index (Phi) is 6.04. The highest BCUT2D eigenvalue weighted by Crippen LogP contribution is 2.66. The molecular weight excluding hydrogens is 533 g/mol. The third-order valence-electron chi connectivity index (χ3n) is 10.4. The third-order valence-corrected chi connectivity index (χ3v) is 10.4. The zero-order valence-corrected chi connectivity index (χ0v) is 23.0. The Labute approximate surface area is 237 Å². The summed E-state index contributed by atoms with van der Waals surface area (Å²) in [5, 5.41) is 23.5. The van der Waals surface area contributed by atoms with Gasteiger partial charge in [0, 0.05) is 30.8 Å². The fourth-order valence-corrected chi connectivity index (χ4v) is 8.41. The topological polar surface area (TPSA) is 73.2 Å². The molecule has 5 aliphatic rings. The first-order chi connectivity index (χ1) is 19.6. The number of amides is 1. The van der Waals surface area contributed by atoms with E-state index in [9.17, 15) is 28.2 Å². The lowest BCUT2D eigenvalue weighted by Crippen LogP contribution is -2.78. The molecule has 2 aromatic rings. The second-order valence-electron chi connectivity index (χ2n) is 12.5. The summed E-state index contributed by atoms with van der Waals surface area (Å²) in [5.41, 5.74) is -0.282. The monoisotopic (exact) mass is 568 g/mol. The van der Waals surface area contributed by atoms with Crippen LogP contribution in [0.25, 0.3) is 6.08 Å². The number of alkyl halides is 3. The van der Waals surface area contributed by atoms with Gasteiger partial charge in [0.05, 0.1) is 22.6 Å². The van der Waals surface area contributed by atoms with Crippen LogP contribution in [0.2, 0.25) is 0 Å². The summed E-state index contributed by atoms with van der Waals surface area (Å²) in [7, 11) is 0. The maximum absolute atomic E-state index is 13.6. The maximum atomic E-state index is 13.6. The second-order valence-corrected chi connectivity index (χ2v) is 12.5. The zero-order valence-electron chi connectivity index (χ0n) is 23.0. The number of halogens is 3. The van der Waals surface area contributed by atoms with Crippen LogP contribution in [0.5, 0.6) is 11.5 Å². The molecule has 1 amide bonds. The molecular formula is C32H35F3N2O4. The quantitative estimate of drug-likeness (QED) is 0.485. The Hall–Kier alpha value is -3.04. The van der Waals surface area contributed by atoms with E-state index in [0.29, 0.717) is 43.9 Å². The highest BCUT2D eigenvalue weighted by molar-refractivity contribution is 5.92. The van der Waals surface area contributed by atoms with Gasteiger partial charge in [0.1, 0.15) is 6.10 Å². The average molecular weight is 569 g/mol. The van der Waals surface area contributed by atoms with E-state index >= 15 is 0 Å². The van der Waals surface area contributed by atoms with E-state index in [4.69, 9.17) is 4.74 Å². The van der Waals surface area contributed by atoms with Crippen molar-refractivity contribution in [3.8, 4) is 11.5 Å². The fraction of sp³-hybridized carbons (Fsp3) is 0.531. The lowest BCUT2D eigenvalue weighted by molar-refractivity contribution is -0.201. The summed E-state index contributed by atoms with van der Waals surface area (Å²) in [6, 6.07) is 8.10. The van der Waals surface area contributed by atoms with E-state index in [-0.39, 0.29) is 29.3 Å². The molecule has 2 heterocycles. The molecule has 2 aliphatic heterocycles. The van der Waals surface area contributed by atoms with Crippen LogP contribution in [0, 0.1) is 5.92 Å². The molecule has 2 bridgehead atoms. The summed E-state index contributed by atoms with van der Waals surface area (Å²) in [6.07, 6.45) is 2.59. The molecule has 7 rings (SSSR count). The first-order valence-corrected chi connectivity index (χ1v) is 14.7. The van der Waals surface area contributed by atoms with Gasteiger partial charge in [-0.3, -0.25) is 9.69 Å². The summed E-state index contributed by atoms with van der Waals surface area (Å²) in [6.45, 7) is 4.05. The number of phenols is 1. The largest absolute Gasteiger partial charge is 0.504 e. The van der Waals surface area contributed by atoms with E-state index < -0.39 is 28.9 Å². The van der Waals surface area contributed by atoms with Crippen LogP contribution in [0.1, 0.15) is 61.3 Å². The number of piperidine rings is 1. The standard InChI is InChI=1S/C32H35F3N2O4/c1-2-37(26(39)11-8-19-4-3-5-22(16-19)32(33,34)35)23-12-13-31(40)25-17-21-9-10-24(38)28-27(21)30(31,29(23)41-28)14-15-36(25)18-20-6-7-20/h3-5,8-11,16,20,23,25,29,38,40H,2,6-7,12-15,17-18H2,1H3/b11-8+/t23?,25-,29?,30+,31-/m1/s1. The van der Waals surface area contributed by atoms with Gasteiger partial charge in [-0.25, -0.2) is 0 Å². The molecule has 9 heteroatoms. The highest BCUT2D eigenvalue weighted by Gasteiger charge is 2.73. The lowest BCUT2D eigenvalue weighted by atomic mass is 9.48. The molecule has 2 unspecified atom stereocenters. The number of carbonyl (C=O) groups excluding carboxylic acids is 1. The van der Waals surface area contributed by atoms with Gasteiger partial charge in [0.2, 0.25) is 5.91 Å². The van der Waals surface area contributed by atoms with Crippen molar-refractivity contribution in [1.29, 1.82) is 0 Å². The van der Waals surface area contributed by atoms with E-state index in [2.05, 4.69) is 4.90 Å². The molecule has 0 aromatic heterocycles. The molecule has 218 valence electrons. The van der Waals surface area contributed by atoms with E-state index in [1.807, 2.05) is 13.0 Å². The van der Waals surface area contributed by atoms with Gasteiger partial charge in [-0.2, -0.15) is 13.2 Å². The van der Waals surface area contributed by atoms with Crippen LogP contribution in [-0.2, 0) is 22.8 Å². The number of ether oxygens (including phenoxy) is 1. The van der Waals surface area contributed by atoms with Crippen LogP contribution in [-0.4, -0.2) is 69.3 Å². The molecule has 3 fully saturated rings. The number of nitrogens with zero attached hydrogens (tertiary/aromatic N) is 2.